The maximum atomic E-state index is 5.26. The Morgan fingerprint density at radius 3 is 3.10 bits per heavy atom. The van der Waals surface area contributed by atoms with Crippen molar-refractivity contribution in [3.8, 4) is 0 Å². The monoisotopic (exact) mass is 160 g/mol. The van der Waals surface area contributed by atoms with E-state index in [0.717, 1.165) is 5.69 Å². The highest BCUT2D eigenvalue weighted by Gasteiger charge is 1.98. The third-order valence-electron chi connectivity index (χ3n) is 0.945. The van der Waals surface area contributed by atoms with Crippen LogP contribution in [0.3, 0.4) is 0 Å². The highest BCUT2D eigenvalue weighted by Crippen LogP contribution is 2.05. The molecule has 2 N–H and O–H groups in total. The molecule has 10 heavy (non-hydrogen) atoms. The fourth-order valence-corrected chi connectivity index (χ4v) is 0.678. The van der Waals surface area contributed by atoms with Crippen LogP contribution in [0.1, 0.15) is 5.69 Å². The van der Waals surface area contributed by atoms with Crippen LogP contribution in [0.4, 0.5) is 5.88 Å². The van der Waals surface area contributed by atoms with Gasteiger partial charge in [-0.1, -0.05) is 5.16 Å². The van der Waals surface area contributed by atoms with Gasteiger partial charge in [0, 0.05) is 6.07 Å². The van der Waals surface area contributed by atoms with Gasteiger partial charge in [0.25, 0.3) is 0 Å². The molecule has 56 valence electrons. The maximum absolute atomic E-state index is 5.26. The number of ether oxygens (including phenoxy) is 1. The number of hydrogen-bond donors (Lipinski definition) is 1. The fourth-order valence-electron chi connectivity index (χ4n) is 0.560. The quantitative estimate of drug-likeness (QED) is 0.658. The van der Waals surface area contributed by atoms with Gasteiger partial charge < -0.3 is 15.0 Å². The van der Waals surface area contributed by atoms with Crippen LogP contribution < -0.4 is 5.73 Å². The lowest BCUT2D eigenvalue weighted by Gasteiger charge is -1.92. The summed E-state index contributed by atoms with van der Waals surface area (Å²) < 4.78 is 9.62. The van der Waals surface area contributed by atoms with E-state index >= 15 is 0 Å². The van der Waals surface area contributed by atoms with Crippen molar-refractivity contribution >= 4 is 15.1 Å². The summed E-state index contributed by atoms with van der Waals surface area (Å²) in [5.41, 5.74) is 5.98. The van der Waals surface area contributed by atoms with Gasteiger partial charge in [-0.3, -0.25) is 0 Å². The van der Waals surface area contributed by atoms with E-state index in [1.807, 2.05) is 0 Å². The van der Waals surface area contributed by atoms with E-state index in [2.05, 4.69) is 18.9 Å². The molecule has 1 atom stereocenters. The van der Waals surface area contributed by atoms with Crippen LogP contribution in [-0.2, 0) is 11.3 Å². The van der Waals surface area contributed by atoms with E-state index in [1.165, 1.54) is 0 Å². The number of nitrogens with zero attached hydrogens (tertiary/aromatic N) is 1. The van der Waals surface area contributed by atoms with Crippen molar-refractivity contribution < 1.29 is 9.26 Å². The van der Waals surface area contributed by atoms with E-state index in [4.69, 9.17) is 10.5 Å². The molecule has 4 nitrogen and oxygen atoms in total. The Bertz CT molecular complexity index is 201. The molecule has 0 amide bonds. The molecule has 0 aliphatic carbocycles. The number of nitrogen functional groups attached to an aromatic ring is 1. The summed E-state index contributed by atoms with van der Waals surface area (Å²) in [7, 11) is 2.45. The van der Waals surface area contributed by atoms with Crippen molar-refractivity contribution in [3.63, 3.8) is 0 Å². The number of anilines is 1. The molecule has 1 heterocycles. The molecule has 0 bridgehead atoms. The molecular formula is C5H9N2O2P. The third kappa shape index (κ3) is 1.97. The predicted molar refractivity (Wildman–Crippen MR) is 40.3 cm³/mol. The summed E-state index contributed by atoms with van der Waals surface area (Å²) in [4.78, 5) is 0. The lowest BCUT2D eigenvalue weighted by molar-refractivity contribution is 0.162. The average molecular weight is 160 g/mol. The van der Waals surface area contributed by atoms with E-state index in [1.54, 1.807) is 6.07 Å². The van der Waals surface area contributed by atoms with Gasteiger partial charge in [-0.05, 0) is 0 Å². The second-order valence-electron chi connectivity index (χ2n) is 1.74. The molecule has 1 aromatic heterocycles. The molecule has 0 radical (unpaired) electrons. The Labute approximate surface area is 60.9 Å². The van der Waals surface area contributed by atoms with Crippen molar-refractivity contribution in [1.29, 1.82) is 0 Å². The topological polar surface area (TPSA) is 61.3 Å². The van der Waals surface area contributed by atoms with Gasteiger partial charge in [0.15, 0.2) is 0 Å². The van der Waals surface area contributed by atoms with Crippen LogP contribution in [0, 0.1) is 0 Å². The van der Waals surface area contributed by atoms with Gasteiger partial charge in [0.2, 0.25) is 5.88 Å². The molecule has 0 aromatic carbocycles. The Morgan fingerprint density at radius 1 is 1.80 bits per heavy atom. The fraction of sp³-hybridized carbons (Fsp3) is 0.400. The van der Waals surface area contributed by atoms with Crippen LogP contribution in [0.2, 0.25) is 0 Å². The molecule has 0 spiro atoms. The molecule has 0 saturated carbocycles. The standard InChI is InChI=1S/C5H9N2O2P/c6-5-1-4(7-9-5)2-8-3-10/h1H,2-3,6,10H2. The van der Waals surface area contributed by atoms with E-state index < -0.39 is 0 Å². The average Bonchev–Trinajstić information content (AvgIpc) is 2.31. The normalized spacial score (nSPS) is 10.1. The summed E-state index contributed by atoms with van der Waals surface area (Å²) in [5.74, 6) is 0.322. The molecule has 0 saturated heterocycles. The van der Waals surface area contributed by atoms with Crippen LogP contribution in [0.25, 0.3) is 0 Å². The third-order valence-corrected chi connectivity index (χ3v) is 1.18. The van der Waals surface area contributed by atoms with Gasteiger partial charge in [-0.25, -0.2) is 0 Å². The van der Waals surface area contributed by atoms with Crippen molar-refractivity contribution in [2.45, 2.75) is 6.61 Å². The van der Waals surface area contributed by atoms with Crippen molar-refractivity contribution in [2.24, 2.45) is 0 Å². The molecule has 0 aliphatic rings. The molecule has 0 aliphatic heterocycles. The Hall–Kier alpha value is -0.600. The second-order valence-corrected chi connectivity index (χ2v) is 2.07. The first-order valence-electron chi connectivity index (χ1n) is 2.82. The van der Waals surface area contributed by atoms with E-state index in [-0.39, 0.29) is 0 Å². The number of nitrogens with two attached hydrogens (primary N) is 1. The Kier molecular flexibility index (Phi) is 2.66. The van der Waals surface area contributed by atoms with Crippen LogP contribution in [0.15, 0.2) is 10.6 Å². The van der Waals surface area contributed by atoms with E-state index in [0.29, 0.717) is 18.8 Å². The number of aromatic nitrogens is 1. The first kappa shape index (κ1) is 7.51. The minimum absolute atomic E-state index is 0.322. The second kappa shape index (κ2) is 3.54. The molecule has 1 rings (SSSR count). The Morgan fingerprint density at radius 2 is 2.60 bits per heavy atom. The largest absolute Gasteiger partial charge is 0.371 e. The smallest absolute Gasteiger partial charge is 0.222 e. The first-order chi connectivity index (χ1) is 4.83. The van der Waals surface area contributed by atoms with Gasteiger partial charge in [0.05, 0.1) is 13.0 Å². The van der Waals surface area contributed by atoms with Crippen LogP contribution in [-0.4, -0.2) is 11.5 Å². The van der Waals surface area contributed by atoms with Crippen LogP contribution >= 0.6 is 9.24 Å². The van der Waals surface area contributed by atoms with E-state index in [9.17, 15) is 0 Å². The van der Waals surface area contributed by atoms with Gasteiger partial charge >= 0.3 is 0 Å². The molecule has 1 unspecified atom stereocenters. The summed E-state index contributed by atoms with van der Waals surface area (Å²) in [6.07, 6.45) is 0.590. The molecular weight excluding hydrogens is 151 g/mol. The van der Waals surface area contributed by atoms with Crippen LogP contribution in [0.5, 0.6) is 0 Å². The summed E-state index contributed by atoms with van der Waals surface area (Å²) in [6, 6.07) is 1.64. The summed E-state index contributed by atoms with van der Waals surface area (Å²) in [6.45, 7) is 0.449. The van der Waals surface area contributed by atoms with Gasteiger partial charge in [0.1, 0.15) is 5.69 Å². The lowest BCUT2D eigenvalue weighted by atomic mass is 10.4. The zero-order valence-electron chi connectivity index (χ0n) is 5.41. The minimum Gasteiger partial charge on any atom is -0.371 e. The van der Waals surface area contributed by atoms with Gasteiger partial charge in [-0.2, -0.15) is 0 Å². The number of hydrogen-bond acceptors (Lipinski definition) is 4. The molecule has 5 heteroatoms. The first-order valence-corrected chi connectivity index (χ1v) is 3.63. The highest BCUT2D eigenvalue weighted by molar-refractivity contribution is 7.16. The number of rotatable bonds is 3. The lowest BCUT2D eigenvalue weighted by Crippen LogP contribution is -1.88. The van der Waals surface area contributed by atoms with Crippen molar-refractivity contribution in [1.82, 2.24) is 5.16 Å². The zero-order chi connectivity index (χ0) is 7.40. The Balaban J connectivity index is 2.42. The van der Waals surface area contributed by atoms with Crippen molar-refractivity contribution in [2.75, 3.05) is 12.1 Å². The minimum atomic E-state index is 0.322. The summed E-state index contributed by atoms with van der Waals surface area (Å²) >= 11 is 0. The van der Waals surface area contributed by atoms with Crippen molar-refractivity contribution in [3.05, 3.63) is 11.8 Å². The SMILES string of the molecule is Nc1cc(COCP)no1. The zero-order valence-corrected chi connectivity index (χ0v) is 6.56. The maximum Gasteiger partial charge on any atom is 0.222 e. The predicted octanol–water partition coefficient (Wildman–Crippen LogP) is 0.606. The summed E-state index contributed by atoms with van der Waals surface area (Å²) in [5, 5.41) is 3.62. The van der Waals surface area contributed by atoms with Gasteiger partial charge in [-0.15, -0.1) is 9.24 Å². The highest BCUT2D eigenvalue weighted by atomic mass is 31.0. The molecule has 1 aromatic rings. The molecule has 0 fully saturated rings.